The van der Waals surface area contributed by atoms with Gasteiger partial charge < -0.3 is 14.2 Å². The fourth-order valence-corrected chi connectivity index (χ4v) is 10.3. The molecule has 0 saturated carbocycles. The molecule has 0 unspecified atom stereocenters. The van der Waals surface area contributed by atoms with Gasteiger partial charge in [0.1, 0.15) is 24.1 Å². The van der Waals surface area contributed by atoms with Crippen molar-refractivity contribution in [2.45, 2.75) is 111 Å². The van der Waals surface area contributed by atoms with Gasteiger partial charge in [-0.1, -0.05) is 156 Å². The maximum Gasteiger partial charge on any atom is 0.217 e. The molecule has 56 heavy (non-hydrogen) atoms. The molecule has 0 aliphatic carbocycles. The van der Waals surface area contributed by atoms with Crippen molar-refractivity contribution in [3.05, 3.63) is 137 Å². The first kappa shape index (κ1) is 41.2. The van der Waals surface area contributed by atoms with Crippen molar-refractivity contribution < 1.29 is 14.2 Å². The summed E-state index contributed by atoms with van der Waals surface area (Å²) >= 11 is 0. The van der Waals surface area contributed by atoms with Crippen LogP contribution in [0.15, 0.2) is 108 Å². The van der Waals surface area contributed by atoms with E-state index in [2.05, 4.69) is 180 Å². The minimum Gasteiger partial charge on any atom is -0.496 e. The third-order valence-electron chi connectivity index (χ3n) is 10.7. The second-order valence-corrected chi connectivity index (χ2v) is 21.4. The Bertz CT molecular complexity index is 2070. The molecule has 5 aromatic rings. The van der Waals surface area contributed by atoms with Gasteiger partial charge in [-0.3, -0.25) is 0 Å². The van der Waals surface area contributed by atoms with Gasteiger partial charge in [-0.05, 0) is 92.5 Å². The number of hydrogen-bond donors (Lipinski definition) is 0. The van der Waals surface area contributed by atoms with Crippen LogP contribution in [0.4, 0.5) is 0 Å². The van der Waals surface area contributed by atoms with E-state index in [9.17, 15) is 0 Å². The summed E-state index contributed by atoms with van der Waals surface area (Å²) < 4.78 is 19.0. The number of rotatable bonds is 8. The second kappa shape index (κ2) is 15.5. The highest BCUT2D eigenvalue weighted by molar-refractivity contribution is 7.80. The first-order valence-electron chi connectivity index (χ1n) is 19.9. The highest BCUT2D eigenvalue weighted by atomic mass is 31.1. The van der Waals surface area contributed by atoms with E-state index in [0.29, 0.717) is 12.5 Å². The van der Waals surface area contributed by atoms with Gasteiger partial charge in [-0.25, -0.2) is 4.99 Å². The summed E-state index contributed by atoms with van der Waals surface area (Å²) in [5.74, 6) is 2.65. The summed E-state index contributed by atoms with van der Waals surface area (Å²) in [5, 5.41) is 3.87. The van der Waals surface area contributed by atoms with Crippen LogP contribution in [0.1, 0.15) is 123 Å². The summed E-state index contributed by atoms with van der Waals surface area (Å²) in [6.07, 6.45) is 0. The van der Waals surface area contributed by atoms with E-state index in [1.54, 1.807) is 0 Å². The highest BCUT2D eigenvalue weighted by Crippen LogP contribution is 2.47. The van der Waals surface area contributed by atoms with Crippen molar-refractivity contribution in [3.8, 4) is 22.6 Å². The van der Waals surface area contributed by atoms with Crippen LogP contribution in [0.25, 0.3) is 11.1 Å². The fraction of sp³-hybridized carbons (Fsp3) is 0.392. The van der Waals surface area contributed by atoms with Gasteiger partial charge in [0.2, 0.25) is 5.90 Å². The monoisotopic (exact) mass is 767 g/mol. The van der Waals surface area contributed by atoms with Crippen molar-refractivity contribution in [3.63, 3.8) is 0 Å². The molecule has 0 saturated heterocycles. The molecule has 0 radical (unpaired) electrons. The largest absolute Gasteiger partial charge is 0.496 e. The lowest BCUT2D eigenvalue weighted by Crippen LogP contribution is -2.29. The maximum atomic E-state index is 6.43. The SMILES string of the molecule is COc1c(C(C)(C)C)cc(P(c2cc(C(C)(C)C)c(OC)c(C(C)(C)C)c2)c2ccccc2-c2ccccc2C2=N[C@H](c3ccccc3)CO2)cc1C(C)(C)C. The lowest BCUT2D eigenvalue weighted by Gasteiger charge is -2.34. The quantitative estimate of drug-likeness (QED) is 0.148. The minimum atomic E-state index is -1.14. The first-order chi connectivity index (χ1) is 26.2. The van der Waals surface area contributed by atoms with Gasteiger partial charge in [0.05, 0.1) is 14.2 Å². The molecular formula is C51H62NO3P. The predicted molar refractivity (Wildman–Crippen MR) is 240 cm³/mol. The molecule has 4 nitrogen and oxygen atoms in total. The molecule has 0 N–H and O–H groups in total. The summed E-state index contributed by atoms with van der Waals surface area (Å²) in [4.78, 5) is 5.17. The van der Waals surface area contributed by atoms with Gasteiger partial charge in [-0.2, -0.15) is 0 Å². The van der Waals surface area contributed by atoms with Crippen molar-refractivity contribution in [1.29, 1.82) is 0 Å². The Morgan fingerprint density at radius 3 is 1.34 bits per heavy atom. The number of benzene rings is 5. The van der Waals surface area contributed by atoms with Gasteiger partial charge in [0.15, 0.2) is 0 Å². The maximum absolute atomic E-state index is 6.43. The third-order valence-corrected chi connectivity index (χ3v) is 13.2. The van der Waals surface area contributed by atoms with E-state index in [1.807, 2.05) is 20.3 Å². The van der Waals surface area contributed by atoms with Gasteiger partial charge >= 0.3 is 0 Å². The van der Waals surface area contributed by atoms with Crippen LogP contribution in [0, 0.1) is 0 Å². The lowest BCUT2D eigenvalue weighted by molar-refractivity contribution is 0.320. The Morgan fingerprint density at radius 1 is 0.518 bits per heavy atom. The molecule has 0 spiro atoms. The summed E-state index contributed by atoms with van der Waals surface area (Å²) in [6, 6.07) is 37.8. The molecule has 5 heteroatoms. The Labute approximate surface area is 338 Å². The van der Waals surface area contributed by atoms with E-state index in [1.165, 1.54) is 43.7 Å². The predicted octanol–water partition coefficient (Wildman–Crippen LogP) is 11.8. The van der Waals surface area contributed by atoms with Gasteiger partial charge in [0.25, 0.3) is 0 Å². The molecule has 1 heterocycles. The zero-order chi connectivity index (χ0) is 40.8. The molecular weight excluding hydrogens is 706 g/mol. The molecule has 0 aromatic heterocycles. The zero-order valence-electron chi connectivity index (χ0n) is 36.2. The summed E-state index contributed by atoms with van der Waals surface area (Å²) in [7, 11) is 2.50. The van der Waals surface area contributed by atoms with Crippen molar-refractivity contribution in [2.24, 2.45) is 4.99 Å². The average molecular weight is 768 g/mol. The molecule has 1 aliphatic heterocycles. The Morgan fingerprint density at radius 2 is 0.911 bits per heavy atom. The van der Waals surface area contributed by atoms with E-state index >= 15 is 0 Å². The van der Waals surface area contributed by atoms with Crippen LogP contribution < -0.4 is 25.4 Å². The first-order valence-corrected chi connectivity index (χ1v) is 21.3. The molecule has 1 aliphatic rings. The summed E-state index contributed by atoms with van der Waals surface area (Å²) in [6.45, 7) is 28.0. The Balaban J connectivity index is 1.70. The van der Waals surface area contributed by atoms with E-state index in [0.717, 1.165) is 28.2 Å². The van der Waals surface area contributed by atoms with Gasteiger partial charge in [-0.15, -0.1) is 0 Å². The van der Waals surface area contributed by atoms with Crippen LogP contribution in [0.2, 0.25) is 0 Å². The lowest BCUT2D eigenvalue weighted by atomic mass is 9.79. The summed E-state index contributed by atoms with van der Waals surface area (Å²) in [5.41, 5.74) is 8.70. The van der Waals surface area contributed by atoms with Crippen LogP contribution in [0.3, 0.4) is 0 Å². The number of nitrogens with zero attached hydrogens (tertiary/aromatic N) is 1. The van der Waals surface area contributed by atoms with E-state index in [-0.39, 0.29) is 27.7 Å². The van der Waals surface area contributed by atoms with Crippen LogP contribution >= 0.6 is 7.92 Å². The van der Waals surface area contributed by atoms with E-state index < -0.39 is 7.92 Å². The van der Waals surface area contributed by atoms with E-state index in [4.69, 9.17) is 19.2 Å². The Hall–Kier alpha value is -4.40. The number of aliphatic imine (C=N–C) groups is 1. The molecule has 5 aromatic carbocycles. The number of ether oxygens (including phenoxy) is 3. The van der Waals surface area contributed by atoms with Crippen LogP contribution in [-0.4, -0.2) is 26.7 Å². The molecule has 294 valence electrons. The van der Waals surface area contributed by atoms with Crippen molar-refractivity contribution >= 4 is 29.7 Å². The molecule has 0 bridgehead atoms. The molecule has 0 amide bonds. The molecule has 0 fully saturated rings. The van der Waals surface area contributed by atoms with Crippen LogP contribution in [0.5, 0.6) is 11.5 Å². The Kier molecular flexibility index (Phi) is 11.4. The highest BCUT2D eigenvalue weighted by Gasteiger charge is 2.34. The molecule has 1 atom stereocenters. The van der Waals surface area contributed by atoms with Gasteiger partial charge in [0, 0.05) is 27.8 Å². The van der Waals surface area contributed by atoms with Crippen molar-refractivity contribution in [2.75, 3.05) is 20.8 Å². The zero-order valence-corrected chi connectivity index (χ0v) is 37.1. The average Bonchev–Trinajstić information content (AvgIpc) is 3.64. The minimum absolute atomic E-state index is 0.0384. The smallest absolute Gasteiger partial charge is 0.217 e. The number of methoxy groups -OCH3 is 2. The second-order valence-electron chi connectivity index (χ2n) is 19.2. The standard InChI is InChI=1S/C51H62NO3P/c1-48(2,3)39-28-34(29-40(45(39)53-13)49(4,5)6)56(35-30-41(50(7,8)9)46(54-14)42(31-35)51(10,11)12)44-27-21-20-25-37(44)36-24-18-19-26-38(36)47-52-43(32-55-47)33-22-16-15-17-23-33/h15-31,43H,32H2,1-14H3/t43-/m0/s1. The number of hydrogen-bond acceptors (Lipinski definition) is 4. The van der Waals surface area contributed by atoms with Crippen molar-refractivity contribution in [1.82, 2.24) is 0 Å². The molecule has 6 rings (SSSR count). The topological polar surface area (TPSA) is 40.0 Å². The third kappa shape index (κ3) is 8.33. The van der Waals surface area contributed by atoms with Crippen LogP contribution in [-0.2, 0) is 26.4 Å². The normalized spacial score (nSPS) is 15.1. The fourth-order valence-electron chi connectivity index (χ4n) is 7.75.